The summed E-state index contributed by atoms with van der Waals surface area (Å²) in [5, 5.41) is 4.38. The van der Waals surface area contributed by atoms with Gasteiger partial charge in [0.1, 0.15) is 0 Å². The molecule has 1 aliphatic heterocycles. The van der Waals surface area contributed by atoms with Crippen LogP contribution in [0.25, 0.3) is 0 Å². The second kappa shape index (κ2) is 6.83. The molecule has 1 aliphatic rings. The molecule has 19 heavy (non-hydrogen) atoms. The molecule has 1 aromatic rings. The number of morpholine rings is 1. The van der Waals surface area contributed by atoms with Crippen LogP contribution in [-0.4, -0.2) is 47.0 Å². The van der Waals surface area contributed by atoms with Crippen LogP contribution in [0.4, 0.5) is 0 Å². The first-order valence-electron chi connectivity index (χ1n) is 6.98. The number of aryl methyl sites for hydroxylation is 1. The first kappa shape index (κ1) is 15.0. The Balaban J connectivity index is 2.14. The van der Waals surface area contributed by atoms with Crippen molar-refractivity contribution >= 4 is 15.9 Å². The number of ether oxygens (including phenoxy) is 1. The third-order valence-electron chi connectivity index (χ3n) is 3.61. The van der Waals surface area contributed by atoms with Gasteiger partial charge in [-0.3, -0.25) is 9.58 Å². The number of nitrogens with zero attached hydrogens (tertiary/aromatic N) is 3. The molecular weight excluding hydrogens is 308 g/mol. The third kappa shape index (κ3) is 3.37. The molecule has 0 aliphatic carbocycles. The van der Waals surface area contributed by atoms with Gasteiger partial charge in [-0.2, -0.15) is 5.10 Å². The van der Waals surface area contributed by atoms with E-state index in [9.17, 15) is 0 Å². The molecule has 2 rings (SSSR count). The molecule has 0 radical (unpaired) electrons. The average Bonchev–Trinajstić information content (AvgIpc) is 2.79. The Morgan fingerprint density at radius 3 is 3.05 bits per heavy atom. The maximum atomic E-state index is 6.42. The van der Waals surface area contributed by atoms with E-state index in [4.69, 9.17) is 10.5 Å². The van der Waals surface area contributed by atoms with Crippen LogP contribution >= 0.6 is 15.9 Å². The maximum Gasteiger partial charge on any atom is 0.0910 e. The summed E-state index contributed by atoms with van der Waals surface area (Å²) in [6.45, 7) is 8.88. The standard InChI is InChI=1S/C13H23BrN4O/c1-3-5-18-13(10(14)8-16-18)12(15)11-9-17(4-2)6-7-19-11/h8,11-12H,3-7,9,15H2,1-2H3. The highest BCUT2D eigenvalue weighted by Gasteiger charge is 2.29. The second-order valence-corrected chi connectivity index (χ2v) is 5.78. The van der Waals surface area contributed by atoms with Crippen molar-refractivity contribution in [3.8, 4) is 0 Å². The molecule has 2 N–H and O–H groups in total. The monoisotopic (exact) mass is 330 g/mol. The highest BCUT2D eigenvalue weighted by atomic mass is 79.9. The van der Waals surface area contributed by atoms with Crippen LogP contribution in [0, 0.1) is 0 Å². The Bertz CT molecular complexity index is 409. The van der Waals surface area contributed by atoms with E-state index in [0.29, 0.717) is 0 Å². The number of hydrogen-bond acceptors (Lipinski definition) is 4. The fourth-order valence-electron chi connectivity index (χ4n) is 2.51. The van der Waals surface area contributed by atoms with Crippen LogP contribution in [0.3, 0.4) is 0 Å². The minimum atomic E-state index is -0.141. The predicted molar refractivity (Wildman–Crippen MR) is 79.0 cm³/mol. The zero-order valence-electron chi connectivity index (χ0n) is 11.7. The summed E-state index contributed by atoms with van der Waals surface area (Å²) in [5.41, 5.74) is 7.47. The Kier molecular flexibility index (Phi) is 5.38. The van der Waals surface area contributed by atoms with E-state index in [-0.39, 0.29) is 12.1 Å². The normalized spacial score (nSPS) is 22.6. The summed E-state index contributed by atoms with van der Waals surface area (Å²) in [7, 11) is 0. The van der Waals surface area contributed by atoms with E-state index >= 15 is 0 Å². The molecule has 5 nitrogen and oxygen atoms in total. The van der Waals surface area contributed by atoms with Crippen molar-refractivity contribution < 1.29 is 4.74 Å². The molecule has 0 spiro atoms. The highest BCUT2D eigenvalue weighted by Crippen LogP contribution is 2.27. The number of halogens is 1. The van der Waals surface area contributed by atoms with E-state index in [0.717, 1.165) is 49.4 Å². The Hall–Kier alpha value is -0.430. The third-order valence-corrected chi connectivity index (χ3v) is 4.22. The topological polar surface area (TPSA) is 56.3 Å². The van der Waals surface area contributed by atoms with Crippen molar-refractivity contribution in [2.75, 3.05) is 26.2 Å². The van der Waals surface area contributed by atoms with Crippen molar-refractivity contribution in [3.05, 3.63) is 16.4 Å². The molecule has 0 saturated carbocycles. The highest BCUT2D eigenvalue weighted by molar-refractivity contribution is 9.10. The smallest absolute Gasteiger partial charge is 0.0910 e. The van der Waals surface area contributed by atoms with Crippen molar-refractivity contribution in [1.82, 2.24) is 14.7 Å². The number of hydrogen-bond donors (Lipinski definition) is 1. The summed E-state index contributed by atoms with van der Waals surface area (Å²) in [4.78, 5) is 2.38. The molecule has 108 valence electrons. The second-order valence-electron chi connectivity index (χ2n) is 4.93. The minimum absolute atomic E-state index is 0.0392. The number of aromatic nitrogens is 2. The molecule has 2 unspecified atom stereocenters. The molecule has 0 aromatic carbocycles. The predicted octanol–water partition coefficient (Wildman–Crippen LogP) is 1.78. The van der Waals surface area contributed by atoms with Crippen molar-refractivity contribution in [2.24, 2.45) is 5.73 Å². The van der Waals surface area contributed by atoms with Gasteiger partial charge < -0.3 is 10.5 Å². The fourth-order valence-corrected chi connectivity index (χ4v) is 3.07. The number of likely N-dealkylation sites (N-methyl/N-ethyl adjacent to an activating group) is 1. The van der Waals surface area contributed by atoms with Gasteiger partial charge in [0, 0.05) is 19.6 Å². The van der Waals surface area contributed by atoms with Gasteiger partial charge >= 0.3 is 0 Å². The van der Waals surface area contributed by atoms with Gasteiger partial charge in [0.15, 0.2) is 0 Å². The van der Waals surface area contributed by atoms with Gasteiger partial charge in [-0.05, 0) is 28.9 Å². The van der Waals surface area contributed by atoms with Gasteiger partial charge in [0.05, 0.1) is 35.1 Å². The van der Waals surface area contributed by atoms with Crippen LogP contribution < -0.4 is 5.73 Å². The van der Waals surface area contributed by atoms with E-state index in [1.165, 1.54) is 0 Å². The average molecular weight is 331 g/mol. The SMILES string of the molecule is CCCn1ncc(Br)c1C(N)C1CN(CC)CCO1. The van der Waals surface area contributed by atoms with Gasteiger partial charge in [-0.15, -0.1) is 0 Å². The summed E-state index contributed by atoms with van der Waals surface area (Å²) >= 11 is 3.55. The van der Waals surface area contributed by atoms with Crippen molar-refractivity contribution in [3.63, 3.8) is 0 Å². The first-order valence-corrected chi connectivity index (χ1v) is 7.77. The Morgan fingerprint density at radius 1 is 1.58 bits per heavy atom. The fraction of sp³-hybridized carbons (Fsp3) is 0.769. The quantitative estimate of drug-likeness (QED) is 0.894. The summed E-state index contributed by atoms with van der Waals surface area (Å²) in [6, 6.07) is -0.141. The Morgan fingerprint density at radius 2 is 2.37 bits per heavy atom. The number of rotatable bonds is 5. The van der Waals surface area contributed by atoms with Crippen LogP contribution in [-0.2, 0) is 11.3 Å². The maximum absolute atomic E-state index is 6.42. The lowest BCUT2D eigenvalue weighted by molar-refractivity contribution is -0.0406. The zero-order valence-corrected chi connectivity index (χ0v) is 13.3. The molecule has 2 atom stereocenters. The molecule has 0 amide bonds. The molecule has 1 fully saturated rings. The van der Waals surface area contributed by atoms with Crippen LogP contribution in [0.2, 0.25) is 0 Å². The van der Waals surface area contributed by atoms with Gasteiger partial charge in [-0.1, -0.05) is 13.8 Å². The van der Waals surface area contributed by atoms with Gasteiger partial charge in [0.2, 0.25) is 0 Å². The van der Waals surface area contributed by atoms with Crippen molar-refractivity contribution in [2.45, 2.75) is 39.0 Å². The van der Waals surface area contributed by atoms with Crippen LogP contribution in [0.1, 0.15) is 32.0 Å². The van der Waals surface area contributed by atoms with Gasteiger partial charge in [-0.25, -0.2) is 0 Å². The number of nitrogens with two attached hydrogens (primary N) is 1. The lowest BCUT2D eigenvalue weighted by atomic mass is 10.1. The lowest BCUT2D eigenvalue weighted by Gasteiger charge is -2.35. The first-order chi connectivity index (χ1) is 9.17. The largest absolute Gasteiger partial charge is 0.374 e. The summed E-state index contributed by atoms with van der Waals surface area (Å²) in [6.07, 6.45) is 2.91. The Labute approximate surface area is 123 Å². The zero-order chi connectivity index (χ0) is 13.8. The van der Waals surface area contributed by atoms with Crippen molar-refractivity contribution in [1.29, 1.82) is 0 Å². The molecular formula is C13H23BrN4O. The summed E-state index contributed by atoms with van der Waals surface area (Å²) in [5.74, 6) is 0. The van der Waals surface area contributed by atoms with E-state index < -0.39 is 0 Å². The van der Waals surface area contributed by atoms with Gasteiger partial charge in [0.25, 0.3) is 0 Å². The lowest BCUT2D eigenvalue weighted by Crippen LogP contribution is -2.47. The molecule has 1 saturated heterocycles. The molecule has 2 heterocycles. The minimum Gasteiger partial charge on any atom is -0.374 e. The summed E-state index contributed by atoms with van der Waals surface area (Å²) < 4.78 is 8.82. The molecule has 1 aromatic heterocycles. The molecule has 0 bridgehead atoms. The van der Waals surface area contributed by atoms with E-state index in [1.807, 2.05) is 10.9 Å². The van der Waals surface area contributed by atoms with Crippen LogP contribution in [0.5, 0.6) is 0 Å². The van der Waals surface area contributed by atoms with E-state index in [1.54, 1.807) is 0 Å². The molecule has 6 heteroatoms. The van der Waals surface area contributed by atoms with E-state index in [2.05, 4.69) is 39.8 Å². The van der Waals surface area contributed by atoms with Crippen LogP contribution in [0.15, 0.2) is 10.7 Å².